The highest BCUT2D eigenvalue weighted by molar-refractivity contribution is 5.85. The average Bonchev–Trinajstić information content (AvgIpc) is 2.79. The Balaban J connectivity index is 2.56. The van der Waals surface area contributed by atoms with Gasteiger partial charge in [0, 0.05) is 26.1 Å². The van der Waals surface area contributed by atoms with Crippen LogP contribution in [0.25, 0.3) is 0 Å². The van der Waals surface area contributed by atoms with E-state index in [2.05, 4.69) is 5.32 Å². The third-order valence-corrected chi connectivity index (χ3v) is 3.42. The zero-order valence-corrected chi connectivity index (χ0v) is 11.2. The second-order valence-corrected chi connectivity index (χ2v) is 4.68. The highest BCUT2D eigenvalue weighted by Gasteiger charge is 2.39. The minimum Gasteiger partial charge on any atom is -0.480 e. The minimum atomic E-state index is -0.966. The number of ether oxygens (including phenoxy) is 1. The van der Waals surface area contributed by atoms with E-state index < -0.39 is 12.0 Å². The number of likely N-dealkylation sites (tertiary alicyclic amines) is 1. The molecule has 6 nitrogen and oxygen atoms in total. The number of hydrogen-bond acceptors (Lipinski definition) is 4. The maximum atomic E-state index is 12.0. The van der Waals surface area contributed by atoms with Gasteiger partial charge >= 0.3 is 5.97 Å². The first kappa shape index (κ1) is 14.9. The molecule has 0 aliphatic carbocycles. The summed E-state index contributed by atoms with van der Waals surface area (Å²) in [4.78, 5) is 24.5. The molecular formula is C12H22N2O4. The van der Waals surface area contributed by atoms with Gasteiger partial charge in [-0.05, 0) is 13.3 Å². The molecular weight excluding hydrogens is 236 g/mol. The fourth-order valence-electron chi connectivity index (χ4n) is 1.99. The Morgan fingerprint density at radius 1 is 1.56 bits per heavy atom. The highest BCUT2D eigenvalue weighted by atomic mass is 16.5. The van der Waals surface area contributed by atoms with Crippen molar-refractivity contribution in [2.24, 2.45) is 0 Å². The summed E-state index contributed by atoms with van der Waals surface area (Å²) >= 11 is 0. The molecule has 1 rings (SSSR count). The summed E-state index contributed by atoms with van der Waals surface area (Å²) in [5.74, 6) is -1.14. The van der Waals surface area contributed by atoms with Gasteiger partial charge in [0.2, 0.25) is 5.91 Å². The van der Waals surface area contributed by atoms with Crippen molar-refractivity contribution in [2.75, 3.05) is 20.2 Å². The summed E-state index contributed by atoms with van der Waals surface area (Å²) in [6, 6.07) is -0.515. The lowest BCUT2D eigenvalue weighted by Crippen LogP contribution is -2.46. The molecule has 1 heterocycles. The molecule has 0 saturated carbocycles. The van der Waals surface area contributed by atoms with Crippen molar-refractivity contribution in [1.29, 1.82) is 0 Å². The molecule has 3 unspecified atom stereocenters. The molecule has 1 saturated heterocycles. The van der Waals surface area contributed by atoms with Crippen LogP contribution in [0.4, 0.5) is 0 Å². The number of rotatable bonds is 6. The van der Waals surface area contributed by atoms with E-state index in [1.807, 2.05) is 13.8 Å². The number of nitrogens with zero attached hydrogens (tertiary/aromatic N) is 1. The summed E-state index contributed by atoms with van der Waals surface area (Å²) < 4.78 is 5.14. The van der Waals surface area contributed by atoms with Crippen LogP contribution < -0.4 is 5.32 Å². The number of carboxylic acids is 1. The van der Waals surface area contributed by atoms with E-state index in [-0.39, 0.29) is 24.6 Å². The summed E-state index contributed by atoms with van der Waals surface area (Å²) in [5, 5.41) is 12.2. The Morgan fingerprint density at radius 3 is 2.72 bits per heavy atom. The van der Waals surface area contributed by atoms with Crippen molar-refractivity contribution in [1.82, 2.24) is 10.2 Å². The predicted octanol–water partition coefficient (Wildman–Crippen LogP) is 0.0750. The molecule has 0 bridgehead atoms. The number of methoxy groups -OCH3 is 1. The molecule has 0 aromatic carbocycles. The lowest BCUT2D eigenvalue weighted by atomic mass is 10.2. The van der Waals surface area contributed by atoms with Crippen LogP contribution in [0.1, 0.15) is 26.7 Å². The van der Waals surface area contributed by atoms with E-state index in [4.69, 9.17) is 9.84 Å². The summed E-state index contributed by atoms with van der Waals surface area (Å²) in [6.45, 7) is 4.55. The lowest BCUT2D eigenvalue weighted by Gasteiger charge is -2.22. The number of amides is 1. The average molecular weight is 258 g/mol. The van der Waals surface area contributed by atoms with Gasteiger partial charge in [-0.1, -0.05) is 6.92 Å². The molecule has 2 N–H and O–H groups in total. The van der Waals surface area contributed by atoms with Crippen molar-refractivity contribution in [3.8, 4) is 0 Å². The number of aliphatic carboxylic acids is 1. The van der Waals surface area contributed by atoms with Crippen molar-refractivity contribution < 1.29 is 19.4 Å². The van der Waals surface area contributed by atoms with Gasteiger partial charge in [0.1, 0.15) is 6.04 Å². The van der Waals surface area contributed by atoms with Crippen molar-refractivity contribution in [2.45, 2.75) is 44.9 Å². The summed E-state index contributed by atoms with van der Waals surface area (Å²) in [7, 11) is 1.54. The van der Waals surface area contributed by atoms with Crippen LogP contribution in [0.15, 0.2) is 0 Å². The minimum absolute atomic E-state index is 0.176. The molecule has 18 heavy (non-hydrogen) atoms. The molecule has 1 fully saturated rings. The molecule has 0 aromatic rings. The van der Waals surface area contributed by atoms with E-state index in [0.29, 0.717) is 13.0 Å². The van der Waals surface area contributed by atoms with E-state index in [1.54, 1.807) is 0 Å². The van der Waals surface area contributed by atoms with Crippen LogP contribution in [0, 0.1) is 0 Å². The first-order valence-electron chi connectivity index (χ1n) is 6.28. The molecule has 3 atom stereocenters. The quantitative estimate of drug-likeness (QED) is 0.705. The molecule has 1 amide bonds. The summed E-state index contributed by atoms with van der Waals surface area (Å²) in [6.07, 6.45) is 1.11. The van der Waals surface area contributed by atoms with Gasteiger partial charge in [0.15, 0.2) is 0 Å². The molecule has 1 aliphatic heterocycles. The smallest absolute Gasteiger partial charge is 0.326 e. The number of nitrogens with one attached hydrogen (secondary N) is 1. The Morgan fingerprint density at radius 2 is 2.22 bits per heavy atom. The van der Waals surface area contributed by atoms with E-state index >= 15 is 0 Å². The maximum Gasteiger partial charge on any atom is 0.326 e. The van der Waals surface area contributed by atoms with E-state index in [1.165, 1.54) is 12.0 Å². The highest BCUT2D eigenvalue weighted by Crippen LogP contribution is 2.20. The molecule has 0 spiro atoms. The fraction of sp³-hybridized carbons (Fsp3) is 0.833. The number of carbonyl (C=O) groups excluding carboxylic acids is 1. The zero-order valence-electron chi connectivity index (χ0n) is 11.2. The van der Waals surface area contributed by atoms with Gasteiger partial charge in [0.25, 0.3) is 0 Å². The normalized spacial score (nSPS) is 25.2. The predicted molar refractivity (Wildman–Crippen MR) is 66.3 cm³/mol. The van der Waals surface area contributed by atoms with Crippen LogP contribution in [0.5, 0.6) is 0 Å². The van der Waals surface area contributed by atoms with Gasteiger partial charge in [-0.25, -0.2) is 4.79 Å². The number of hydrogen-bond donors (Lipinski definition) is 2. The van der Waals surface area contributed by atoms with Gasteiger partial charge in [0.05, 0.1) is 12.6 Å². The number of carbonyl (C=O) groups is 2. The van der Waals surface area contributed by atoms with E-state index in [0.717, 1.165) is 6.42 Å². The van der Waals surface area contributed by atoms with Gasteiger partial charge in [-0.2, -0.15) is 0 Å². The first-order valence-corrected chi connectivity index (χ1v) is 6.28. The Kier molecular flexibility index (Phi) is 5.55. The van der Waals surface area contributed by atoms with Crippen molar-refractivity contribution >= 4 is 11.9 Å². The third kappa shape index (κ3) is 3.68. The van der Waals surface area contributed by atoms with Gasteiger partial charge < -0.3 is 20.1 Å². The Hall–Kier alpha value is -1.14. The molecule has 6 heteroatoms. The molecule has 0 radical (unpaired) electrons. The second-order valence-electron chi connectivity index (χ2n) is 4.68. The topological polar surface area (TPSA) is 78.9 Å². The lowest BCUT2D eigenvalue weighted by molar-refractivity contribution is -0.147. The molecule has 104 valence electrons. The molecule has 0 aromatic heterocycles. The van der Waals surface area contributed by atoms with Gasteiger partial charge in [-0.15, -0.1) is 0 Å². The Labute approximate surface area is 107 Å². The standard InChI is InChI=1S/C12H22N2O4/c1-4-8(2)13-6-11(15)14-7-9(18-3)5-10(14)12(16)17/h8-10,13H,4-7H2,1-3H3,(H,16,17). The first-order chi connectivity index (χ1) is 8.49. The number of carboxylic acid groups (broad SMARTS) is 1. The fourth-order valence-corrected chi connectivity index (χ4v) is 1.99. The largest absolute Gasteiger partial charge is 0.480 e. The maximum absolute atomic E-state index is 12.0. The van der Waals surface area contributed by atoms with Crippen molar-refractivity contribution in [3.05, 3.63) is 0 Å². The Bertz CT molecular complexity index is 308. The van der Waals surface area contributed by atoms with Gasteiger partial charge in [-0.3, -0.25) is 4.79 Å². The van der Waals surface area contributed by atoms with Crippen molar-refractivity contribution in [3.63, 3.8) is 0 Å². The van der Waals surface area contributed by atoms with Crippen LogP contribution in [-0.4, -0.2) is 60.3 Å². The van der Waals surface area contributed by atoms with Crippen LogP contribution in [0.2, 0.25) is 0 Å². The third-order valence-electron chi connectivity index (χ3n) is 3.42. The monoisotopic (exact) mass is 258 g/mol. The summed E-state index contributed by atoms with van der Waals surface area (Å²) in [5.41, 5.74) is 0. The second kappa shape index (κ2) is 6.70. The van der Waals surface area contributed by atoms with Crippen LogP contribution >= 0.6 is 0 Å². The van der Waals surface area contributed by atoms with E-state index in [9.17, 15) is 9.59 Å². The zero-order chi connectivity index (χ0) is 13.7. The van der Waals surface area contributed by atoms with Crippen LogP contribution in [-0.2, 0) is 14.3 Å². The SMILES string of the molecule is CCC(C)NCC(=O)N1CC(OC)CC1C(=O)O. The molecule has 1 aliphatic rings. The van der Waals surface area contributed by atoms with Crippen LogP contribution in [0.3, 0.4) is 0 Å².